The number of anilines is 1. The Bertz CT molecular complexity index is 721. The van der Waals surface area contributed by atoms with Gasteiger partial charge in [-0.15, -0.1) is 0 Å². The van der Waals surface area contributed by atoms with E-state index < -0.39 is 0 Å². The summed E-state index contributed by atoms with van der Waals surface area (Å²) >= 11 is 0. The fraction of sp³-hybridized carbons (Fsp3) is 0.350. The van der Waals surface area contributed by atoms with E-state index in [4.69, 9.17) is 0 Å². The van der Waals surface area contributed by atoms with Crippen molar-refractivity contribution in [2.75, 3.05) is 18.4 Å². The minimum Gasteiger partial charge on any atom is -0.354 e. The molecule has 2 heterocycles. The molecule has 0 radical (unpaired) electrons. The van der Waals surface area contributed by atoms with Gasteiger partial charge in [0.05, 0.1) is 6.04 Å². The maximum absolute atomic E-state index is 12.5. The van der Waals surface area contributed by atoms with Gasteiger partial charge in [0.15, 0.2) is 0 Å². The van der Waals surface area contributed by atoms with E-state index in [1.165, 1.54) is 5.56 Å². The first-order valence-electron chi connectivity index (χ1n) is 8.99. The second kappa shape index (κ2) is 9.10. The van der Waals surface area contributed by atoms with Gasteiger partial charge in [-0.3, -0.25) is 14.5 Å². The summed E-state index contributed by atoms with van der Waals surface area (Å²) in [7, 11) is 0. The lowest BCUT2D eigenvalue weighted by atomic mass is 10.1. The minimum absolute atomic E-state index is 0.00377. The molecule has 6 heteroatoms. The molecular weight excluding hydrogens is 328 g/mol. The van der Waals surface area contributed by atoms with Crippen molar-refractivity contribution in [3.63, 3.8) is 0 Å². The molecule has 6 nitrogen and oxygen atoms in total. The van der Waals surface area contributed by atoms with Crippen molar-refractivity contribution in [3.8, 4) is 0 Å². The molecule has 1 atom stereocenters. The Hall–Kier alpha value is -2.73. The zero-order chi connectivity index (χ0) is 18.2. The number of likely N-dealkylation sites (tertiary alicyclic amines) is 1. The number of hydrogen-bond donors (Lipinski definition) is 2. The molecule has 2 amide bonds. The highest BCUT2D eigenvalue weighted by molar-refractivity contribution is 5.90. The normalized spacial score (nSPS) is 17.0. The Morgan fingerprint density at radius 1 is 1.12 bits per heavy atom. The Morgan fingerprint density at radius 2 is 1.92 bits per heavy atom. The highest BCUT2D eigenvalue weighted by atomic mass is 16.2. The van der Waals surface area contributed by atoms with E-state index in [2.05, 4.69) is 32.7 Å². The van der Waals surface area contributed by atoms with Gasteiger partial charge in [-0.25, -0.2) is 4.98 Å². The molecule has 1 aromatic heterocycles. The Labute approximate surface area is 153 Å². The molecule has 26 heavy (non-hydrogen) atoms. The number of benzene rings is 1. The highest BCUT2D eigenvalue weighted by Gasteiger charge is 2.30. The molecule has 0 saturated carbocycles. The lowest BCUT2D eigenvalue weighted by Crippen LogP contribution is -2.43. The van der Waals surface area contributed by atoms with Crippen LogP contribution in [0.5, 0.6) is 0 Å². The van der Waals surface area contributed by atoms with Crippen LogP contribution in [0.2, 0.25) is 0 Å². The van der Waals surface area contributed by atoms with Crippen LogP contribution in [0, 0.1) is 0 Å². The van der Waals surface area contributed by atoms with Gasteiger partial charge in [0.25, 0.3) is 0 Å². The van der Waals surface area contributed by atoms with Crippen LogP contribution in [-0.2, 0) is 16.1 Å². The first-order valence-corrected chi connectivity index (χ1v) is 8.99. The summed E-state index contributed by atoms with van der Waals surface area (Å²) in [5, 5.41) is 5.61. The minimum atomic E-state index is -0.156. The monoisotopic (exact) mass is 352 g/mol. The summed E-state index contributed by atoms with van der Waals surface area (Å²) in [6.45, 7) is 2.03. The van der Waals surface area contributed by atoms with Gasteiger partial charge < -0.3 is 10.6 Å². The molecule has 3 rings (SSSR count). The molecule has 1 saturated heterocycles. The quantitative estimate of drug-likeness (QED) is 0.801. The van der Waals surface area contributed by atoms with Crippen molar-refractivity contribution in [2.24, 2.45) is 0 Å². The summed E-state index contributed by atoms with van der Waals surface area (Å²) in [6, 6.07) is 15.4. The number of carbonyl (C=O) groups is 2. The van der Waals surface area contributed by atoms with E-state index in [1.54, 1.807) is 18.3 Å². The smallest absolute Gasteiger partial charge is 0.237 e. The summed E-state index contributed by atoms with van der Waals surface area (Å²) in [5.41, 5.74) is 1.21. The molecule has 1 unspecified atom stereocenters. The van der Waals surface area contributed by atoms with Crippen molar-refractivity contribution in [2.45, 2.75) is 31.8 Å². The van der Waals surface area contributed by atoms with Crippen molar-refractivity contribution in [1.29, 1.82) is 0 Å². The standard InChI is InChI=1S/C20H24N4O2/c25-19(23-18-10-4-5-12-21-18)11-13-22-20(26)17-9-6-14-24(17)15-16-7-2-1-3-8-16/h1-5,7-8,10,12,17H,6,9,11,13-15H2,(H,22,26)(H,21,23,25). The van der Waals surface area contributed by atoms with Crippen LogP contribution < -0.4 is 10.6 Å². The van der Waals surface area contributed by atoms with Crippen LogP contribution in [0.15, 0.2) is 54.7 Å². The number of nitrogens with one attached hydrogen (secondary N) is 2. The second-order valence-electron chi connectivity index (χ2n) is 6.42. The summed E-state index contributed by atoms with van der Waals surface area (Å²) in [6.07, 6.45) is 3.73. The summed E-state index contributed by atoms with van der Waals surface area (Å²) in [5.74, 6) is 0.370. The first-order chi connectivity index (χ1) is 12.7. The fourth-order valence-electron chi connectivity index (χ4n) is 3.19. The number of carbonyl (C=O) groups excluding carboxylic acids is 2. The average Bonchev–Trinajstić information content (AvgIpc) is 3.11. The third-order valence-corrected chi connectivity index (χ3v) is 4.48. The summed E-state index contributed by atoms with van der Waals surface area (Å²) in [4.78, 5) is 30.7. The maximum atomic E-state index is 12.5. The third-order valence-electron chi connectivity index (χ3n) is 4.48. The van der Waals surface area contributed by atoms with E-state index in [1.807, 2.05) is 24.3 Å². The van der Waals surface area contributed by atoms with Crippen LogP contribution >= 0.6 is 0 Å². The molecule has 2 aromatic rings. The number of amides is 2. The molecule has 0 bridgehead atoms. The number of nitrogens with zero attached hydrogens (tertiary/aromatic N) is 2. The molecule has 0 aliphatic carbocycles. The van der Waals surface area contributed by atoms with E-state index in [9.17, 15) is 9.59 Å². The largest absolute Gasteiger partial charge is 0.354 e. The van der Waals surface area contributed by atoms with Crippen LogP contribution in [-0.4, -0.2) is 40.8 Å². The predicted octanol–water partition coefficient (Wildman–Crippen LogP) is 2.19. The Kier molecular flexibility index (Phi) is 6.33. The zero-order valence-electron chi connectivity index (χ0n) is 14.7. The number of pyridine rings is 1. The van der Waals surface area contributed by atoms with E-state index in [0.717, 1.165) is 25.9 Å². The Balaban J connectivity index is 1.43. The molecule has 1 aromatic carbocycles. The van der Waals surface area contributed by atoms with Crippen LogP contribution in [0.3, 0.4) is 0 Å². The molecular formula is C20H24N4O2. The molecule has 1 fully saturated rings. The van der Waals surface area contributed by atoms with Crippen molar-refractivity contribution in [1.82, 2.24) is 15.2 Å². The zero-order valence-corrected chi connectivity index (χ0v) is 14.7. The SMILES string of the molecule is O=C(CCNC(=O)C1CCCN1Cc1ccccc1)Nc1ccccn1. The molecule has 0 spiro atoms. The van der Waals surface area contributed by atoms with Gasteiger partial charge in [0.2, 0.25) is 11.8 Å². The van der Waals surface area contributed by atoms with Crippen molar-refractivity contribution < 1.29 is 9.59 Å². The van der Waals surface area contributed by atoms with Crippen molar-refractivity contribution in [3.05, 3.63) is 60.3 Å². The Morgan fingerprint density at radius 3 is 2.69 bits per heavy atom. The lowest BCUT2D eigenvalue weighted by Gasteiger charge is -2.23. The van der Waals surface area contributed by atoms with E-state index in [0.29, 0.717) is 12.4 Å². The van der Waals surface area contributed by atoms with Crippen LogP contribution in [0.1, 0.15) is 24.8 Å². The fourth-order valence-corrected chi connectivity index (χ4v) is 3.19. The van der Waals surface area contributed by atoms with Crippen molar-refractivity contribution >= 4 is 17.6 Å². The van der Waals surface area contributed by atoms with Gasteiger partial charge in [0.1, 0.15) is 5.82 Å². The summed E-state index contributed by atoms with van der Waals surface area (Å²) < 4.78 is 0. The molecule has 1 aliphatic heterocycles. The molecule has 1 aliphatic rings. The molecule has 2 N–H and O–H groups in total. The van der Waals surface area contributed by atoms with Crippen LogP contribution in [0.25, 0.3) is 0 Å². The highest BCUT2D eigenvalue weighted by Crippen LogP contribution is 2.20. The maximum Gasteiger partial charge on any atom is 0.237 e. The number of rotatable bonds is 7. The van der Waals surface area contributed by atoms with Gasteiger partial charge in [-0.1, -0.05) is 36.4 Å². The number of hydrogen-bond acceptors (Lipinski definition) is 4. The van der Waals surface area contributed by atoms with E-state index >= 15 is 0 Å². The first kappa shape index (κ1) is 18.1. The van der Waals surface area contributed by atoms with Gasteiger partial charge in [-0.05, 0) is 37.1 Å². The molecule has 136 valence electrons. The van der Waals surface area contributed by atoms with Gasteiger partial charge in [0, 0.05) is 25.7 Å². The van der Waals surface area contributed by atoms with Crippen LogP contribution in [0.4, 0.5) is 5.82 Å². The number of aromatic nitrogens is 1. The van der Waals surface area contributed by atoms with Gasteiger partial charge in [-0.2, -0.15) is 0 Å². The van der Waals surface area contributed by atoms with E-state index in [-0.39, 0.29) is 24.3 Å². The topological polar surface area (TPSA) is 74.3 Å². The average molecular weight is 352 g/mol. The third kappa shape index (κ3) is 5.13. The lowest BCUT2D eigenvalue weighted by molar-refractivity contribution is -0.125. The predicted molar refractivity (Wildman–Crippen MR) is 100 cm³/mol. The second-order valence-corrected chi connectivity index (χ2v) is 6.42. The van der Waals surface area contributed by atoms with Gasteiger partial charge >= 0.3 is 0 Å².